The Hall–Kier alpha value is -1.96. The first-order chi connectivity index (χ1) is 8.09. The van der Waals surface area contributed by atoms with Gasteiger partial charge in [-0.1, -0.05) is 37.3 Å². The molecule has 88 valence electrons. The fourth-order valence-electron chi connectivity index (χ4n) is 2.14. The van der Waals surface area contributed by atoms with Crippen LogP contribution in [0, 0.1) is 6.92 Å². The van der Waals surface area contributed by atoms with Crippen molar-refractivity contribution < 1.29 is 10.2 Å². The lowest BCUT2D eigenvalue weighted by Gasteiger charge is -2.16. The van der Waals surface area contributed by atoms with Gasteiger partial charge in [0.2, 0.25) is 0 Å². The molecule has 2 N–H and O–H groups in total. The van der Waals surface area contributed by atoms with Crippen LogP contribution in [0.3, 0.4) is 0 Å². The highest BCUT2D eigenvalue weighted by Gasteiger charge is 2.14. The van der Waals surface area contributed by atoms with E-state index in [1.54, 1.807) is 12.1 Å². The summed E-state index contributed by atoms with van der Waals surface area (Å²) in [6, 6.07) is 12.9. The molecule has 0 fully saturated rings. The second kappa shape index (κ2) is 4.50. The largest absolute Gasteiger partial charge is 0.508 e. The quantitative estimate of drug-likeness (QED) is 0.825. The van der Waals surface area contributed by atoms with Gasteiger partial charge in [0.1, 0.15) is 11.5 Å². The van der Waals surface area contributed by atoms with Crippen LogP contribution < -0.4 is 0 Å². The molecule has 0 saturated carbocycles. The molecule has 0 bridgehead atoms. The molecule has 2 aromatic rings. The van der Waals surface area contributed by atoms with Gasteiger partial charge in [0, 0.05) is 17.5 Å². The number of phenols is 2. The summed E-state index contributed by atoms with van der Waals surface area (Å²) < 4.78 is 0. The van der Waals surface area contributed by atoms with Gasteiger partial charge < -0.3 is 10.2 Å². The monoisotopic (exact) mass is 228 g/mol. The molecule has 0 aliphatic heterocycles. The third-order valence-corrected chi connectivity index (χ3v) is 3.14. The number of hydrogen-bond acceptors (Lipinski definition) is 2. The Morgan fingerprint density at radius 3 is 2.29 bits per heavy atom. The average molecular weight is 228 g/mol. The van der Waals surface area contributed by atoms with Crippen molar-refractivity contribution in [3.63, 3.8) is 0 Å². The summed E-state index contributed by atoms with van der Waals surface area (Å²) >= 11 is 0. The Morgan fingerprint density at radius 1 is 0.941 bits per heavy atom. The van der Waals surface area contributed by atoms with Crippen molar-refractivity contribution in [3.8, 4) is 11.5 Å². The van der Waals surface area contributed by atoms with Crippen LogP contribution in [0.1, 0.15) is 29.5 Å². The lowest BCUT2D eigenvalue weighted by atomic mass is 9.89. The van der Waals surface area contributed by atoms with Gasteiger partial charge in [-0.2, -0.15) is 0 Å². The molecule has 0 aliphatic carbocycles. The smallest absolute Gasteiger partial charge is 0.123 e. The van der Waals surface area contributed by atoms with Gasteiger partial charge in [0.25, 0.3) is 0 Å². The minimum atomic E-state index is 0.0863. The van der Waals surface area contributed by atoms with Crippen LogP contribution in [-0.4, -0.2) is 10.2 Å². The van der Waals surface area contributed by atoms with Crippen LogP contribution in [0.25, 0.3) is 0 Å². The molecular weight excluding hydrogens is 212 g/mol. The molecule has 0 amide bonds. The van der Waals surface area contributed by atoms with E-state index in [-0.39, 0.29) is 17.4 Å². The highest BCUT2D eigenvalue weighted by Crippen LogP contribution is 2.34. The van der Waals surface area contributed by atoms with Crippen molar-refractivity contribution >= 4 is 0 Å². The third kappa shape index (κ3) is 2.26. The Bertz CT molecular complexity index is 532. The van der Waals surface area contributed by atoms with Gasteiger partial charge in [-0.25, -0.2) is 0 Å². The molecule has 0 spiro atoms. The number of phenolic OH excluding ortho intramolecular Hbond substituents is 2. The Balaban J connectivity index is 2.44. The molecule has 2 heteroatoms. The Kier molecular flexibility index (Phi) is 3.05. The van der Waals surface area contributed by atoms with Crippen molar-refractivity contribution in [3.05, 3.63) is 59.2 Å². The van der Waals surface area contributed by atoms with E-state index < -0.39 is 0 Å². The lowest BCUT2D eigenvalue weighted by Crippen LogP contribution is -1.98. The number of hydrogen-bond donors (Lipinski definition) is 2. The van der Waals surface area contributed by atoms with E-state index in [9.17, 15) is 10.2 Å². The maximum absolute atomic E-state index is 9.85. The second-order valence-electron chi connectivity index (χ2n) is 4.32. The summed E-state index contributed by atoms with van der Waals surface area (Å²) in [5.41, 5.74) is 3.22. The lowest BCUT2D eigenvalue weighted by molar-refractivity contribution is 0.444. The summed E-state index contributed by atoms with van der Waals surface area (Å²) in [5.74, 6) is 0.334. The van der Waals surface area contributed by atoms with Crippen molar-refractivity contribution in [2.24, 2.45) is 0 Å². The van der Waals surface area contributed by atoms with Crippen LogP contribution in [0.4, 0.5) is 0 Å². The summed E-state index contributed by atoms with van der Waals surface area (Å²) in [7, 11) is 0. The van der Waals surface area contributed by atoms with E-state index in [2.05, 4.69) is 26.0 Å². The van der Waals surface area contributed by atoms with Crippen LogP contribution in [0.2, 0.25) is 0 Å². The molecule has 2 nitrogen and oxygen atoms in total. The normalized spacial score (nSPS) is 12.4. The highest BCUT2D eigenvalue weighted by molar-refractivity contribution is 5.46. The van der Waals surface area contributed by atoms with Gasteiger partial charge in [-0.05, 0) is 24.1 Å². The van der Waals surface area contributed by atoms with Crippen LogP contribution in [0.15, 0.2) is 42.5 Å². The molecule has 0 radical (unpaired) electrons. The van der Waals surface area contributed by atoms with Gasteiger partial charge in [-0.15, -0.1) is 0 Å². The van der Waals surface area contributed by atoms with Crippen molar-refractivity contribution in [1.29, 1.82) is 0 Å². The highest BCUT2D eigenvalue weighted by atomic mass is 16.3. The first-order valence-electron chi connectivity index (χ1n) is 5.67. The van der Waals surface area contributed by atoms with Gasteiger partial charge in [0.05, 0.1) is 0 Å². The number of benzene rings is 2. The Labute approximate surface area is 101 Å². The molecule has 2 rings (SSSR count). The van der Waals surface area contributed by atoms with E-state index >= 15 is 0 Å². The summed E-state index contributed by atoms with van der Waals surface area (Å²) in [4.78, 5) is 0. The van der Waals surface area contributed by atoms with Crippen LogP contribution in [0.5, 0.6) is 11.5 Å². The topological polar surface area (TPSA) is 40.5 Å². The molecule has 0 heterocycles. The minimum absolute atomic E-state index is 0.0863. The first-order valence-corrected chi connectivity index (χ1v) is 5.67. The fourth-order valence-corrected chi connectivity index (χ4v) is 2.14. The third-order valence-electron chi connectivity index (χ3n) is 3.14. The summed E-state index contributed by atoms with van der Waals surface area (Å²) in [6.07, 6.45) is 0. The number of aryl methyl sites for hydroxylation is 1. The predicted octanol–water partition coefficient (Wildman–Crippen LogP) is 3.56. The molecule has 1 atom stereocenters. The van der Waals surface area contributed by atoms with E-state index in [0.717, 1.165) is 5.56 Å². The van der Waals surface area contributed by atoms with E-state index in [4.69, 9.17) is 0 Å². The molecule has 0 aromatic heterocycles. The van der Waals surface area contributed by atoms with Crippen molar-refractivity contribution in [1.82, 2.24) is 0 Å². The minimum Gasteiger partial charge on any atom is -0.508 e. The van der Waals surface area contributed by atoms with E-state index in [1.807, 2.05) is 12.1 Å². The molecule has 0 saturated heterocycles. The molecule has 2 aromatic carbocycles. The standard InChI is InChI=1S/C15H16O2/c1-10-5-3-4-6-13(10)11(2)14-8-7-12(16)9-15(14)17/h3-9,11,16-17H,1-2H3. The molecular formula is C15H16O2. The van der Waals surface area contributed by atoms with Crippen molar-refractivity contribution in [2.45, 2.75) is 19.8 Å². The zero-order chi connectivity index (χ0) is 12.4. The number of rotatable bonds is 2. The van der Waals surface area contributed by atoms with Gasteiger partial charge in [-0.3, -0.25) is 0 Å². The fraction of sp³-hybridized carbons (Fsp3) is 0.200. The summed E-state index contributed by atoms with van der Waals surface area (Å²) in [5, 5.41) is 19.1. The van der Waals surface area contributed by atoms with Crippen LogP contribution in [-0.2, 0) is 0 Å². The Morgan fingerprint density at radius 2 is 1.65 bits per heavy atom. The SMILES string of the molecule is Cc1ccccc1C(C)c1ccc(O)cc1O. The van der Waals surface area contributed by atoms with E-state index in [1.165, 1.54) is 17.2 Å². The maximum Gasteiger partial charge on any atom is 0.123 e. The maximum atomic E-state index is 9.85. The van der Waals surface area contributed by atoms with Gasteiger partial charge in [0.15, 0.2) is 0 Å². The number of aromatic hydroxyl groups is 2. The van der Waals surface area contributed by atoms with Crippen molar-refractivity contribution in [2.75, 3.05) is 0 Å². The predicted molar refractivity (Wildman–Crippen MR) is 68.5 cm³/mol. The van der Waals surface area contributed by atoms with E-state index in [0.29, 0.717) is 0 Å². The first kappa shape index (κ1) is 11.5. The van der Waals surface area contributed by atoms with Gasteiger partial charge >= 0.3 is 0 Å². The average Bonchev–Trinajstić information content (AvgIpc) is 2.29. The molecule has 1 unspecified atom stereocenters. The second-order valence-corrected chi connectivity index (χ2v) is 4.32. The zero-order valence-corrected chi connectivity index (χ0v) is 10.0. The zero-order valence-electron chi connectivity index (χ0n) is 10.0. The summed E-state index contributed by atoms with van der Waals surface area (Å²) in [6.45, 7) is 4.11. The van der Waals surface area contributed by atoms with Crippen LogP contribution >= 0.6 is 0 Å². The molecule has 0 aliphatic rings. The molecule has 17 heavy (non-hydrogen) atoms.